The maximum Gasteiger partial charge on any atom is 0.120 e. The van der Waals surface area contributed by atoms with Gasteiger partial charge in [0.25, 0.3) is 0 Å². The van der Waals surface area contributed by atoms with Gasteiger partial charge in [0.2, 0.25) is 0 Å². The second-order valence-corrected chi connectivity index (χ2v) is 7.56. The lowest BCUT2D eigenvalue weighted by Gasteiger charge is -2.22. The molecule has 3 nitrogen and oxygen atoms in total. The van der Waals surface area contributed by atoms with Crippen molar-refractivity contribution < 1.29 is 9.84 Å². The molecule has 0 saturated heterocycles. The van der Waals surface area contributed by atoms with Crippen molar-refractivity contribution in [2.45, 2.75) is 44.9 Å². The molecule has 0 bridgehead atoms. The number of ether oxygens (including phenoxy) is 1. The molecule has 0 heterocycles. The van der Waals surface area contributed by atoms with E-state index in [1.165, 1.54) is 5.56 Å². The first-order chi connectivity index (χ1) is 11.9. The quantitative estimate of drug-likeness (QED) is 0.687. The van der Waals surface area contributed by atoms with Crippen LogP contribution in [-0.4, -0.2) is 29.2 Å². The molecule has 2 rings (SSSR count). The van der Waals surface area contributed by atoms with Gasteiger partial charge in [-0.1, -0.05) is 42.5 Å². The molecular weight excluding hydrogens is 334 g/mol. The van der Waals surface area contributed by atoms with Gasteiger partial charge in [0.1, 0.15) is 11.4 Å². The van der Waals surface area contributed by atoms with E-state index in [1.54, 1.807) is 0 Å². The van der Waals surface area contributed by atoms with E-state index in [9.17, 15) is 5.11 Å². The van der Waals surface area contributed by atoms with Gasteiger partial charge in [0, 0.05) is 18.5 Å². The van der Waals surface area contributed by atoms with Gasteiger partial charge in [-0.05, 0) is 50.5 Å². The van der Waals surface area contributed by atoms with Crippen LogP contribution in [0.2, 0.25) is 0 Å². The number of halogens is 1. The van der Waals surface area contributed by atoms with Crippen molar-refractivity contribution in [2.24, 2.45) is 0 Å². The van der Waals surface area contributed by atoms with Crippen molar-refractivity contribution >= 4 is 11.6 Å². The second-order valence-electron chi connectivity index (χ2n) is 7.25. The van der Waals surface area contributed by atoms with Crippen molar-refractivity contribution in [1.82, 2.24) is 5.32 Å². The summed E-state index contributed by atoms with van der Waals surface area (Å²) in [6.07, 6.45) is 0.264. The van der Waals surface area contributed by atoms with Crippen molar-refractivity contribution in [3.63, 3.8) is 0 Å². The lowest BCUT2D eigenvalue weighted by molar-refractivity contribution is 0.130. The lowest BCUT2D eigenvalue weighted by atomic mass is 10.1. The van der Waals surface area contributed by atoms with Crippen LogP contribution in [-0.2, 0) is 6.42 Å². The Morgan fingerprint density at radius 3 is 2.24 bits per heavy atom. The topological polar surface area (TPSA) is 41.5 Å². The van der Waals surface area contributed by atoms with Gasteiger partial charge in [-0.15, -0.1) is 11.6 Å². The molecule has 0 fully saturated rings. The van der Waals surface area contributed by atoms with Crippen molar-refractivity contribution in [3.8, 4) is 5.75 Å². The fraction of sp³-hybridized carbons (Fsp3) is 0.429. The molecule has 0 aliphatic rings. The number of hydrogen-bond donors (Lipinski definition) is 2. The molecule has 0 aliphatic heterocycles. The highest BCUT2D eigenvalue weighted by atomic mass is 35.5. The third-order valence-electron chi connectivity index (χ3n) is 3.80. The monoisotopic (exact) mass is 361 g/mol. The molecule has 0 saturated carbocycles. The smallest absolute Gasteiger partial charge is 0.120 e. The molecule has 0 aromatic heterocycles. The molecule has 0 amide bonds. The Morgan fingerprint density at radius 1 is 1.04 bits per heavy atom. The van der Waals surface area contributed by atoms with E-state index in [0.29, 0.717) is 12.4 Å². The fourth-order valence-corrected chi connectivity index (χ4v) is 2.81. The van der Waals surface area contributed by atoms with Crippen LogP contribution in [0.1, 0.15) is 38.0 Å². The van der Waals surface area contributed by atoms with E-state index >= 15 is 0 Å². The van der Waals surface area contributed by atoms with Crippen molar-refractivity contribution in [1.29, 1.82) is 0 Å². The first kappa shape index (κ1) is 19.8. The summed E-state index contributed by atoms with van der Waals surface area (Å²) < 4.78 is 5.80. The first-order valence-electron chi connectivity index (χ1n) is 8.67. The minimum Gasteiger partial charge on any atom is -0.488 e. The number of nitrogens with one attached hydrogen (secondary N) is 1. The first-order valence-corrected chi connectivity index (χ1v) is 9.21. The SMILES string of the molecule is CC(C)(C)Oc1ccc(C(O)CNC(CCl)Cc2ccccc2)cc1. The van der Waals surface area contributed by atoms with E-state index in [-0.39, 0.29) is 11.6 Å². The van der Waals surface area contributed by atoms with Gasteiger partial charge in [-0.3, -0.25) is 0 Å². The summed E-state index contributed by atoms with van der Waals surface area (Å²) in [6, 6.07) is 18.0. The number of alkyl halides is 1. The summed E-state index contributed by atoms with van der Waals surface area (Å²) in [5.74, 6) is 1.30. The molecule has 2 aromatic carbocycles. The predicted molar refractivity (Wildman–Crippen MR) is 104 cm³/mol. The average molecular weight is 362 g/mol. The molecule has 2 aromatic rings. The number of benzene rings is 2. The van der Waals surface area contributed by atoms with E-state index in [1.807, 2.05) is 63.2 Å². The fourth-order valence-electron chi connectivity index (χ4n) is 2.59. The lowest BCUT2D eigenvalue weighted by Crippen LogP contribution is -2.35. The van der Waals surface area contributed by atoms with E-state index in [0.717, 1.165) is 17.7 Å². The van der Waals surface area contributed by atoms with Crippen LogP contribution in [0.4, 0.5) is 0 Å². The Bertz CT molecular complexity index is 623. The molecule has 25 heavy (non-hydrogen) atoms. The minimum atomic E-state index is -0.579. The Labute approximate surface area is 156 Å². The Hall–Kier alpha value is -1.55. The second kappa shape index (κ2) is 9.23. The molecule has 136 valence electrons. The molecular formula is C21H28ClNO2. The molecule has 0 aliphatic carbocycles. The van der Waals surface area contributed by atoms with Gasteiger partial charge in [-0.2, -0.15) is 0 Å². The van der Waals surface area contributed by atoms with E-state index < -0.39 is 6.10 Å². The van der Waals surface area contributed by atoms with Crippen molar-refractivity contribution in [3.05, 3.63) is 65.7 Å². The standard InChI is InChI=1S/C21H28ClNO2/c1-21(2,3)25-19-11-9-17(10-12-19)20(24)15-23-18(14-22)13-16-7-5-4-6-8-16/h4-12,18,20,23-24H,13-15H2,1-3H3. The predicted octanol–water partition coefficient (Wildman–Crippen LogP) is 4.34. The average Bonchev–Trinajstić information content (AvgIpc) is 2.58. The molecule has 2 unspecified atom stereocenters. The molecule has 2 N–H and O–H groups in total. The molecule has 4 heteroatoms. The maximum atomic E-state index is 10.4. The zero-order valence-corrected chi connectivity index (χ0v) is 16.0. The van der Waals surface area contributed by atoms with Crippen LogP contribution >= 0.6 is 11.6 Å². The van der Waals surface area contributed by atoms with Crippen LogP contribution in [0.5, 0.6) is 5.75 Å². The summed E-state index contributed by atoms with van der Waals surface area (Å²) in [5, 5.41) is 13.8. The largest absolute Gasteiger partial charge is 0.488 e. The highest BCUT2D eigenvalue weighted by Gasteiger charge is 2.14. The van der Waals surface area contributed by atoms with Gasteiger partial charge < -0.3 is 15.2 Å². The molecule has 2 atom stereocenters. The molecule has 0 spiro atoms. The highest BCUT2D eigenvalue weighted by Crippen LogP contribution is 2.21. The number of aliphatic hydroxyl groups excluding tert-OH is 1. The molecule has 0 radical (unpaired) electrons. The van der Waals surface area contributed by atoms with E-state index in [4.69, 9.17) is 16.3 Å². The number of rotatable bonds is 8. The van der Waals surface area contributed by atoms with Crippen LogP contribution in [0.3, 0.4) is 0 Å². The van der Waals surface area contributed by atoms with Gasteiger partial charge in [0.05, 0.1) is 6.10 Å². The van der Waals surface area contributed by atoms with Gasteiger partial charge in [-0.25, -0.2) is 0 Å². The normalized spacial score (nSPS) is 14.1. The third-order valence-corrected chi connectivity index (χ3v) is 4.17. The van der Waals surface area contributed by atoms with Gasteiger partial charge >= 0.3 is 0 Å². The summed E-state index contributed by atoms with van der Waals surface area (Å²) in [7, 11) is 0. The minimum absolute atomic E-state index is 0.127. The summed E-state index contributed by atoms with van der Waals surface area (Å²) in [4.78, 5) is 0. The summed E-state index contributed by atoms with van der Waals surface area (Å²) in [5.41, 5.74) is 1.87. The Morgan fingerprint density at radius 2 is 1.68 bits per heavy atom. The number of aliphatic hydroxyl groups is 1. The van der Waals surface area contributed by atoms with Crippen LogP contribution in [0.25, 0.3) is 0 Å². The van der Waals surface area contributed by atoms with Crippen LogP contribution in [0, 0.1) is 0 Å². The van der Waals surface area contributed by atoms with Gasteiger partial charge in [0.15, 0.2) is 0 Å². The van der Waals surface area contributed by atoms with E-state index in [2.05, 4.69) is 17.4 Å². The van der Waals surface area contributed by atoms with Crippen LogP contribution in [0.15, 0.2) is 54.6 Å². The zero-order valence-electron chi connectivity index (χ0n) is 15.2. The summed E-state index contributed by atoms with van der Waals surface area (Å²) >= 11 is 6.07. The Kier molecular flexibility index (Phi) is 7.30. The van der Waals surface area contributed by atoms with Crippen molar-refractivity contribution in [2.75, 3.05) is 12.4 Å². The maximum absolute atomic E-state index is 10.4. The summed E-state index contributed by atoms with van der Waals surface area (Å²) in [6.45, 7) is 6.50. The Balaban J connectivity index is 1.87. The van der Waals surface area contributed by atoms with Crippen LogP contribution < -0.4 is 10.1 Å². The third kappa shape index (κ3) is 7.07. The highest BCUT2D eigenvalue weighted by molar-refractivity contribution is 6.18. The number of hydrogen-bond acceptors (Lipinski definition) is 3. The zero-order chi connectivity index (χ0) is 18.3.